The Morgan fingerprint density at radius 1 is 1.38 bits per heavy atom. The number of hydrogen-bond donors (Lipinski definition) is 1. The van der Waals surface area contributed by atoms with Crippen LogP contribution in [0.2, 0.25) is 0 Å². The molecule has 1 aromatic carbocycles. The van der Waals surface area contributed by atoms with Gasteiger partial charge in [-0.25, -0.2) is 9.48 Å². The molecule has 0 bridgehead atoms. The summed E-state index contributed by atoms with van der Waals surface area (Å²) in [7, 11) is 0. The zero-order valence-electron chi connectivity index (χ0n) is 8.41. The van der Waals surface area contributed by atoms with Crippen molar-refractivity contribution in [1.29, 1.82) is 0 Å². The molecule has 2 aromatic rings. The molecule has 0 atom stereocenters. The maximum Gasteiger partial charge on any atom is 0.341 e. The summed E-state index contributed by atoms with van der Waals surface area (Å²) < 4.78 is 6.61. The molecule has 0 radical (unpaired) electrons. The first-order chi connectivity index (χ1) is 7.75. The molecule has 0 aliphatic heterocycles. The molecule has 82 valence electrons. The standard InChI is InChI=1S/C11H10N2O3/c14-11(15)8-16-10-6-12-13(7-10)9-4-2-1-3-5-9/h1-7H,8H2,(H,14,15). The summed E-state index contributed by atoms with van der Waals surface area (Å²) in [5.74, 6) is -0.571. The van der Waals surface area contributed by atoms with Gasteiger partial charge < -0.3 is 9.84 Å². The quantitative estimate of drug-likeness (QED) is 0.840. The molecule has 1 N–H and O–H groups in total. The zero-order valence-corrected chi connectivity index (χ0v) is 8.41. The van der Waals surface area contributed by atoms with Crippen molar-refractivity contribution in [2.45, 2.75) is 0 Å². The second-order valence-corrected chi connectivity index (χ2v) is 3.14. The fraction of sp³-hybridized carbons (Fsp3) is 0.0909. The van der Waals surface area contributed by atoms with Crippen LogP contribution in [0.1, 0.15) is 0 Å². The maximum absolute atomic E-state index is 10.3. The highest BCUT2D eigenvalue weighted by molar-refractivity contribution is 5.68. The minimum atomic E-state index is -1.01. The molecule has 1 heterocycles. The number of para-hydroxylation sites is 1. The third kappa shape index (κ3) is 2.38. The third-order valence-corrected chi connectivity index (χ3v) is 1.94. The molecule has 0 saturated carbocycles. The van der Waals surface area contributed by atoms with Crippen LogP contribution in [0.4, 0.5) is 0 Å². The maximum atomic E-state index is 10.3. The lowest BCUT2D eigenvalue weighted by molar-refractivity contribution is -0.139. The summed E-state index contributed by atoms with van der Waals surface area (Å²) in [6.07, 6.45) is 3.12. The van der Waals surface area contributed by atoms with Crippen molar-refractivity contribution >= 4 is 5.97 Å². The van der Waals surface area contributed by atoms with E-state index in [0.717, 1.165) is 5.69 Å². The second-order valence-electron chi connectivity index (χ2n) is 3.14. The number of hydrogen-bond acceptors (Lipinski definition) is 3. The molecule has 0 amide bonds. The highest BCUT2D eigenvalue weighted by atomic mass is 16.5. The molecule has 0 fully saturated rings. The lowest BCUT2D eigenvalue weighted by Crippen LogP contribution is -2.08. The Hall–Kier alpha value is -2.30. The summed E-state index contributed by atoms with van der Waals surface area (Å²) in [6.45, 7) is -0.361. The number of aliphatic carboxylic acids is 1. The van der Waals surface area contributed by atoms with Crippen molar-refractivity contribution in [3.8, 4) is 11.4 Å². The largest absolute Gasteiger partial charge is 0.479 e. The molecular formula is C11H10N2O3. The van der Waals surface area contributed by atoms with Crippen molar-refractivity contribution < 1.29 is 14.6 Å². The lowest BCUT2D eigenvalue weighted by Gasteiger charge is -1.99. The topological polar surface area (TPSA) is 64.3 Å². The van der Waals surface area contributed by atoms with Gasteiger partial charge in [0.2, 0.25) is 0 Å². The van der Waals surface area contributed by atoms with E-state index in [1.807, 2.05) is 30.3 Å². The van der Waals surface area contributed by atoms with Crippen molar-refractivity contribution in [3.63, 3.8) is 0 Å². The van der Waals surface area contributed by atoms with E-state index in [0.29, 0.717) is 5.75 Å². The van der Waals surface area contributed by atoms with Crippen LogP contribution in [0.5, 0.6) is 5.75 Å². The molecule has 0 aliphatic carbocycles. The first-order valence-electron chi connectivity index (χ1n) is 4.70. The van der Waals surface area contributed by atoms with Gasteiger partial charge in [0.1, 0.15) is 0 Å². The normalized spacial score (nSPS) is 10.0. The summed E-state index contributed by atoms with van der Waals surface area (Å²) in [4.78, 5) is 10.3. The van der Waals surface area contributed by atoms with Crippen LogP contribution in [0.15, 0.2) is 42.7 Å². The average Bonchev–Trinajstić information content (AvgIpc) is 2.76. The van der Waals surface area contributed by atoms with E-state index in [1.165, 1.54) is 6.20 Å². The monoisotopic (exact) mass is 218 g/mol. The molecule has 16 heavy (non-hydrogen) atoms. The van der Waals surface area contributed by atoms with Crippen LogP contribution < -0.4 is 4.74 Å². The minimum Gasteiger partial charge on any atom is -0.479 e. The van der Waals surface area contributed by atoms with E-state index < -0.39 is 5.97 Å². The molecule has 2 rings (SSSR count). The predicted molar refractivity (Wildman–Crippen MR) is 56.7 cm³/mol. The van der Waals surface area contributed by atoms with E-state index in [4.69, 9.17) is 9.84 Å². The number of aromatic nitrogens is 2. The SMILES string of the molecule is O=C(O)COc1cnn(-c2ccccc2)c1. The highest BCUT2D eigenvalue weighted by Gasteiger charge is 2.03. The second kappa shape index (κ2) is 4.48. The van der Waals surface area contributed by atoms with Crippen molar-refractivity contribution in [2.75, 3.05) is 6.61 Å². The van der Waals surface area contributed by atoms with Gasteiger partial charge in [-0.1, -0.05) is 18.2 Å². The summed E-state index contributed by atoms with van der Waals surface area (Å²) in [5, 5.41) is 12.5. The number of ether oxygens (including phenoxy) is 1. The smallest absolute Gasteiger partial charge is 0.341 e. The number of carboxylic acid groups (broad SMARTS) is 1. The summed E-state index contributed by atoms with van der Waals surface area (Å²) >= 11 is 0. The first kappa shape index (κ1) is 10.2. The highest BCUT2D eigenvalue weighted by Crippen LogP contribution is 2.12. The van der Waals surface area contributed by atoms with Crippen LogP contribution in [-0.4, -0.2) is 27.5 Å². The minimum absolute atomic E-state index is 0.361. The first-order valence-corrected chi connectivity index (χ1v) is 4.70. The van der Waals surface area contributed by atoms with Gasteiger partial charge in [0, 0.05) is 0 Å². The number of carbonyl (C=O) groups is 1. The Morgan fingerprint density at radius 2 is 2.12 bits per heavy atom. The van der Waals surface area contributed by atoms with Gasteiger partial charge in [0.15, 0.2) is 12.4 Å². The molecule has 1 aromatic heterocycles. The van der Waals surface area contributed by atoms with Crippen LogP contribution in [-0.2, 0) is 4.79 Å². The zero-order chi connectivity index (χ0) is 11.4. The molecule has 0 aliphatic rings. The van der Waals surface area contributed by atoms with Gasteiger partial charge in [0.25, 0.3) is 0 Å². The van der Waals surface area contributed by atoms with E-state index in [2.05, 4.69) is 5.10 Å². The van der Waals surface area contributed by atoms with Gasteiger partial charge >= 0.3 is 5.97 Å². The van der Waals surface area contributed by atoms with Crippen molar-refractivity contribution in [3.05, 3.63) is 42.7 Å². The Bertz CT molecular complexity index is 479. The lowest BCUT2D eigenvalue weighted by atomic mass is 10.3. The van der Waals surface area contributed by atoms with E-state index in [9.17, 15) is 4.79 Å². The van der Waals surface area contributed by atoms with Crippen LogP contribution in [0.25, 0.3) is 5.69 Å². The molecule has 0 unspecified atom stereocenters. The van der Waals surface area contributed by atoms with Gasteiger partial charge in [0.05, 0.1) is 18.1 Å². The molecular weight excluding hydrogens is 208 g/mol. The molecule has 0 saturated heterocycles. The Balaban J connectivity index is 2.11. The van der Waals surface area contributed by atoms with E-state index in [-0.39, 0.29) is 6.61 Å². The predicted octanol–water partition coefficient (Wildman–Crippen LogP) is 1.34. The fourth-order valence-electron chi connectivity index (χ4n) is 1.25. The Morgan fingerprint density at radius 3 is 2.81 bits per heavy atom. The summed E-state index contributed by atoms with van der Waals surface area (Å²) in [5.41, 5.74) is 0.896. The van der Waals surface area contributed by atoms with E-state index >= 15 is 0 Å². The van der Waals surface area contributed by atoms with Crippen molar-refractivity contribution in [1.82, 2.24) is 9.78 Å². The van der Waals surface area contributed by atoms with Crippen LogP contribution in [0, 0.1) is 0 Å². The Kier molecular flexibility index (Phi) is 2.86. The van der Waals surface area contributed by atoms with E-state index in [1.54, 1.807) is 10.9 Å². The van der Waals surface area contributed by atoms with Crippen LogP contribution >= 0.6 is 0 Å². The van der Waals surface area contributed by atoms with Gasteiger partial charge in [-0.2, -0.15) is 5.10 Å². The fourth-order valence-corrected chi connectivity index (χ4v) is 1.25. The Labute approximate surface area is 91.9 Å². The van der Waals surface area contributed by atoms with Gasteiger partial charge in [-0.3, -0.25) is 0 Å². The number of carboxylic acids is 1. The van der Waals surface area contributed by atoms with Crippen LogP contribution in [0.3, 0.4) is 0 Å². The number of nitrogens with zero attached hydrogens (tertiary/aromatic N) is 2. The summed E-state index contributed by atoms with van der Waals surface area (Å²) in [6, 6.07) is 9.50. The average molecular weight is 218 g/mol. The van der Waals surface area contributed by atoms with Gasteiger partial charge in [-0.15, -0.1) is 0 Å². The number of benzene rings is 1. The number of rotatable bonds is 4. The van der Waals surface area contributed by atoms with Crippen molar-refractivity contribution in [2.24, 2.45) is 0 Å². The molecule has 5 heteroatoms. The molecule has 5 nitrogen and oxygen atoms in total. The van der Waals surface area contributed by atoms with Gasteiger partial charge in [-0.05, 0) is 12.1 Å². The third-order valence-electron chi connectivity index (χ3n) is 1.94. The molecule has 0 spiro atoms.